The minimum Gasteiger partial charge on any atom is -0.301 e. The summed E-state index contributed by atoms with van der Waals surface area (Å²) in [5.41, 5.74) is 4.55. The van der Waals surface area contributed by atoms with Gasteiger partial charge >= 0.3 is 0 Å². The first-order chi connectivity index (χ1) is 17.9. The number of aromatic nitrogens is 4. The molecule has 2 heterocycles. The van der Waals surface area contributed by atoms with Gasteiger partial charge in [0.2, 0.25) is 11.1 Å². The number of benzene rings is 3. The van der Waals surface area contributed by atoms with E-state index in [1.54, 1.807) is 12.1 Å². The lowest BCUT2D eigenvalue weighted by Crippen LogP contribution is -2.14. The van der Waals surface area contributed by atoms with E-state index in [4.69, 9.17) is 4.98 Å². The topological polar surface area (TPSA) is 80.7 Å². The van der Waals surface area contributed by atoms with Crippen LogP contribution in [0, 0.1) is 5.82 Å². The van der Waals surface area contributed by atoms with E-state index in [0.29, 0.717) is 27.4 Å². The van der Waals surface area contributed by atoms with Gasteiger partial charge in [-0.25, -0.2) is 14.4 Å². The molecule has 1 N–H and O–H groups in total. The van der Waals surface area contributed by atoms with Gasteiger partial charge in [-0.15, -0.1) is 21.5 Å². The van der Waals surface area contributed by atoms with Gasteiger partial charge in [0, 0.05) is 31.0 Å². The van der Waals surface area contributed by atoms with Crippen molar-refractivity contribution in [3.63, 3.8) is 0 Å². The number of thioether (sulfide) groups is 1. The van der Waals surface area contributed by atoms with Crippen LogP contribution in [0.2, 0.25) is 0 Å². The number of amides is 1. The highest BCUT2D eigenvalue weighted by Crippen LogP contribution is 2.31. The molecule has 37 heavy (non-hydrogen) atoms. The first-order valence-corrected chi connectivity index (χ1v) is 14.3. The summed E-state index contributed by atoms with van der Waals surface area (Å²) in [6.45, 7) is 0. The fourth-order valence-corrected chi connectivity index (χ4v) is 5.20. The molecule has 1 amide bonds. The second-order valence-electron chi connectivity index (χ2n) is 7.69. The molecule has 0 spiro atoms. The average Bonchev–Trinajstić information content (AvgIpc) is 3.37. The fraction of sp³-hybridized carbons (Fsp3) is 0.0385. The number of nitrogens with one attached hydrogen (secondary N) is 1. The standard InChI is InChI=1S/C26H16Br2FN5OS2/c27-18-7-1-16(2-8-18)23-24(17-3-9-19(28)10-4-17)33-34-26(32-23)37-14-22(35)31-25-30-21(13-36-25)15-5-11-20(29)12-6-15/h1-13H,14H2,(H,30,31,35). The number of rotatable bonds is 7. The number of hydrogen-bond donors (Lipinski definition) is 1. The highest BCUT2D eigenvalue weighted by molar-refractivity contribution is 9.10. The monoisotopic (exact) mass is 655 g/mol. The molecule has 6 nitrogen and oxygen atoms in total. The number of hydrogen-bond acceptors (Lipinski definition) is 7. The summed E-state index contributed by atoms with van der Waals surface area (Å²) in [5.74, 6) is -0.463. The number of carbonyl (C=O) groups is 1. The van der Waals surface area contributed by atoms with Crippen molar-refractivity contribution in [1.82, 2.24) is 20.2 Å². The predicted octanol–water partition coefficient (Wildman–Crippen LogP) is 7.72. The molecule has 0 aliphatic carbocycles. The first-order valence-electron chi connectivity index (χ1n) is 10.9. The smallest absolute Gasteiger partial charge is 0.236 e. The van der Waals surface area contributed by atoms with Crippen LogP contribution < -0.4 is 5.32 Å². The van der Waals surface area contributed by atoms with Crippen LogP contribution in [0.25, 0.3) is 33.8 Å². The lowest BCUT2D eigenvalue weighted by Gasteiger charge is -2.10. The summed E-state index contributed by atoms with van der Waals surface area (Å²) in [6.07, 6.45) is 0. The summed E-state index contributed by atoms with van der Waals surface area (Å²) in [7, 11) is 0. The molecule has 0 atom stereocenters. The van der Waals surface area contributed by atoms with Gasteiger partial charge in [0.05, 0.1) is 11.4 Å². The van der Waals surface area contributed by atoms with Crippen LogP contribution in [0.5, 0.6) is 0 Å². The molecule has 184 valence electrons. The van der Waals surface area contributed by atoms with Crippen LogP contribution >= 0.6 is 55.0 Å². The van der Waals surface area contributed by atoms with Gasteiger partial charge in [-0.05, 0) is 48.5 Å². The predicted molar refractivity (Wildman–Crippen MR) is 153 cm³/mol. The van der Waals surface area contributed by atoms with Crippen molar-refractivity contribution in [3.8, 4) is 33.8 Å². The van der Waals surface area contributed by atoms with Gasteiger partial charge in [0.25, 0.3) is 0 Å². The van der Waals surface area contributed by atoms with Gasteiger partial charge < -0.3 is 5.32 Å². The van der Waals surface area contributed by atoms with E-state index in [9.17, 15) is 9.18 Å². The van der Waals surface area contributed by atoms with Gasteiger partial charge in [-0.2, -0.15) is 0 Å². The second-order valence-corrected chi connectivity index (χ2v) is 11.3. The highest BCUT2D eigenvalue weighted by atomic mass is 79.9. The van der Waals surface area contributed by atoms with Crippen molar-refractivity contribution in [2.45, 2.75) is 5.16 Å². The largest absolute Gasteiger partial charge is 0.301 e. The van der Waals surface area contributed by atoms with E-state index in [1.807, 2.05) is 53.9 Å². The van der Waals surface area contributed by atoms with Gasteiger partial charge in [-0.1, -0.05) is 67.9 Å². The Balaban J connectivity index is 1.31. The lowest BCUT2D eigenvalue weighted by molar-refractivity contribution is -0.113. The first kappa shape index (κ1) is 25.7. The van der Waals surface area contributed by atoms with Crippen LogP contribution in [0.1, 0.15) is 0 Å². The SMILES string of the molecule is O=C(CSc1nnc(-c2ccc(Br)cc2)c(-c2ccc(Br)cc2)n1)Nc1nc(-c2ccc(F)cc2)cs1. The lowest BCUT2D eigenvalue weighted by atomic mass is 10.0. The van der Waals surface area contributed by atoms with Crippen molar-refractivity contribution in [1.29, 1.82) is 0 Å². The number of thiazole rings is 1. The van der Waals surface area contributed by atoms with Crippen LogP contribution in [0.15, 0.2) is 92.3 Å². The molecule has 0 saturated heterocycles. The maximum Gasteiger partial charge on any atom is 0.236 e. The van der Waals surface area contributed by atoms with Gasteiger partial charge in [0.1, 0.15) is 17.2 Å². The van der Waals surface area contributed by atoms with Gasteiger partial charge in [0.15, 0.2) is 5.13 Å². The molecule has 2 aromatic heterocycles. The maximum atomic E-state index is 13.2. The number of carbonyl (C=O) groups excluding carboxylic acids is 1. The Morgan fingerprint density at radius 2 is 1.41 bits per heavy atom. The summed E-state index contributed by atoms with van der Waals surface area (Å²) in [6, 6.07) is 21.6. The quantitative estimate of drug-likeness (QED) is 0.181. The van der Waals surface area contributed by atoms with Crippen LogP contribution in [-0.2, 0) is 4.79 Å². The Morgan fingerprint density at radius 1 is 0.811 bits per heavy atom. The molecule has 0 aliphatic rings. The Morgan fingerprint density at radius 3 is 2.05 bits per heavy atom. The summed E-state index contributed by atoms with van der Waals surface area (Å²) in [4.78, 5) is 21.7. The minimum absolute atomic E-state index is 0.0878. The van der Waals surface area contributed by atoms with Crippen LogP contribution in [0.4, 0.5) is 9.52 Å². The number of anilines is 1. The average molecular weight is 657 g/mol. The highest BCUT2D eigenvalue weighted by Gasteiger charge is 2.16. The van der Waals surface area contributed by atoms with Crippen molar-refractivity contribution in [2.75, 3.05) is 11.1 Å². The van der Waals surface area contributed by atoms with E-state index >= 15 is 0 Å². The van der Waals surface area contributed by atoms with E-state index in [-0.39, 0.29) is 17.5 Å². The molecule has 0 unspecified atom stereocenters. The third-order valence-corrected chi connectivity index (χ3v) is 7.78. The molecule has 0 aliphatic heterocycles. The number of nitrogens with zero attached hydrogens (tertiary/aromatic N) is 4. The third kappa shape index (κ3) is 6.48. The zero-order valence-electron chi connectivity index (χ0n) is 18.9. The third-order valence-electron chi connectivity index (χ3n) is 5.13. The molecule has 3 aromatic carbocycles. The van der Waals surface area contributed by atoms with E-state index < -0.39 is 0 Å². The zero-order valence-corrected chi connectivity index (χ0v) is 23.7. The Kier molecular flexibility index (Phi) is 8.04. The minimum atomic E-state index is -0.311. The summed E-state index contributed by atoms with van der Waals surface area (Å²) < 4.78 is 15.1. The normalized spacial score (nSPS) is 10.9. The summed E-state index contributed by atoms with van der Waals surface area (Å²) in [5, 5.41) is 14.2. The molecule has 5 rings (SSSR count). The molecule has 5 aromatic rings. The maximum absolute atomic E-state index is 13.2. The molecule has 0 bridgehead atoms. The van der Waals surface area contributed by atoms with Crippen LogP contribution in [0.3, 0.4) is 0 Å². The second kappa shape index (κ2) is 11.6. The summed E-state index contributed by atoms with van der Waals surface area (Å²) >= 11 is 9.42. The van der Waals surface area contributed by atoms with E-state index in [2.05, 4.69) is 52.4 Å². The molecule has 11 heteroatoms. The Hall–Kier alpha value is -2.99. The van der Waals surface area contributed by atoms with Crippen molar-refractivity contribution in [2.24, 2.45) is 0 Å². The number of halogens is 3. The Labute approximate surface area is 237 Å². The molecular weight excluding hydrogens is 641 g/mol. The Bertz CT molecular complexity index is 1550. The van der Waals surface area contributed by atoms with Gasteiger partial charge in [-0.3, -0.25) is 4.79 Å². The molecule has 0 radical (unpaired) electrons. The van der Waals surface area contributed by atoms with Crippen LogP contribution in [-0.4, -0.2) is 31.8 Å². The molecule has 0 fully saturated rings. The molecular formula is C26H16Br2FN5OS2. The van der Waals surface area contributed by atoms with E-state index in [1.165, 1.54) is 35.2 Å². The van der Waals surface area contributed by atoms with Crippen molar-refractivity contribution < 1.29 is 9.18 Å². The van der Waals surface area contributed by atoms with E-state index in [0.717, 1.165) is 25.6 Å². The molecule has 0 saturated carbocycles. The van der Waals surface area contributed by atoms with Crippen molar-refractivity contribution in [3.05, 3.63) is 92.9 Å². The zero-order chi connectivity index (χ0) is 25.8. The van der Waals surface area contributed by atoms with Crippen molar-refractivity contribution >= 4 is 66.0 Å². The fourth-order valence-electron chi connectivity index (χ4n) is 3.35.